The van der Waals surface area contributed by atoms with Crippen LogP contribution in [0, 0.1) is 5.92 Å². The van der Waals surface area contributed by atoms with Crippen LogP contribution in [0.5, 0.6) is 0 Å². The maximum atomic E-state index is 6.06. The Labute approximate surface area is 116 Å². The number of nitrogens with one attached hydrogen (secondary N) is 1. The van der Waals surface area contributed by atoms with Crippen LogP contribution in [0.25, 0.3) is 0 Å². The first-order valence-corrected chi connectivity index (χ1v) is 7.60. The molecule has 1 aromatic carbocycles. The SMILES string of the molecule is CCC1CCCCC1NC(C)c1cccc(Cl)c1. The number of benzene rings is 1. The van der Waals surface area contributed by atoms with Gasteiger partial charge in [-0.25, -0.2) is 0 Å². The van der Waals surface area contributed by atoms with Gasteiger partial charge in [0.05, 0.1) is 0 Å². The number of hydrogen-bond acceptors (Lipinski definition) is 1. The summed E-state index contributed by atoms with van der Waals surface area (Å²) in [5.41, 5.74) is 1.29. The number of halogens is 1. The first-order chi connectivity index (χ1) is 8.70. The van der Waals surface area contributed by atoms with E-state index in [1.54, 1.807) is 0 Å². The van der Waals surface area contributed by atoms with Gasteiger partial charge in [-0.2, -0.15) is 0 Å². The average molecular weight is 266 g/mol. The Morgan fingerprint density at radius 1 is 1.33 bits per heavy atom. The minimum absolute atomic E-state index is 0.390. The van der Waals surface area contributed by atoms with Gasteiger partial charge >= 0.3 is 0 Å². The van der Waals surface area contributed by atoms with E-state index in [1.165, 1.54) is 37.7 Å². The molecular weight excluding hydrogens is 242 g/mol. The van der Waals surface area contributed by atoms with Crippen LogP contribution in [0.1, 0.15) is 57.6 Å². The molecule has 0 aliphatic heterocycles. The quantitative estimate of drug-likeness (QED) is 0.811. The summed E-state index contributed by atoms with van der Waals surface area (Å²) < 4.78 is 0. The molecule has 0 amide bonds. The highest BCUT2D eigenvalue weighted by Crippen LogP contribution is 2.29. The largest absolute Gasteiger partial charge is 0.307 e. The average Bonchev–Trinajstić information content (AvgIpc) is 2.39. The molecule has 1 aromatic rings. The molecule has 2 heteroatoms. The van der Waals surface area contributed by atoms with E-state index in [0.29, 0.717) is 12.1 Å². The Morgan fingerprint density at radius 2 is 2.11 bits per heavy atom. The van der Waals surface area contributed by atoms with Crippen molar-refractivity contribution >= 4 is 11.6 Å². The van der Waals surface area contributed by atoms with Crippen molar-refractivity contribution in [2.24, 2.45) is 5.92 Å². The summed E-state index contributed by atoms with van der Waals surface area (Å²) in [6.07, 6.45) is 6.78. The van der Waals surface area contributed by atoms with E-state index >= 15 is 0 Å². The van der Waals surface area contributed by atoms with Crippen LogP contribution in [0.15, 0.2) is 24.3 Å². The highest BCUT2D eigenvalue weighted by molar-refractivity contribution is 6.30. The van der Waals surface area contributed by atoms with E-state index in [0.717, 1.165) is 10.9 Å². The van der Waals surface area contributed by atoms with Gasteiger partial charge in [-0.05, 0) is 43.4 Å². The standard InChI is InChI=1S/C16H24ClN/c1-3-13-7-4-5-10-16(13)18-12(2)14-8-6-9-15(17)11-14/h6,8-9,11-13,16,18H,3-5,7,10H2,1-2H3. The topological polar surface area (TPSA) is 12.0 Å². The smallest absolute Gasteiger partial charge is 0.0409 e. The molecule has 0 bridgehead atoms. The fourth-order valence-electron chi connectivity index (χ4n) is 3.11. The minimum atomic E-state index is 0.390. The molecular formula is C16H24ClN. The Kier molecular flexibility index (Phi) is 5.08. The Bertz CT molecular complexity index is 377. The summed E-state index contributed by atoms with van der Waals surface area (Å²) in [5, 5.41) is 4.64. The van der Waals surface area contributed by atoms with Crippen molar-refractivity contribution in [1.82, 2.24) is 5.32 Å². The number of rotatable bonds is 4. The first kappa shape index (κ1) is 13.9. The Hall–Kier alpha value is -0.530. The summed E-state index contributed by atoms with van der Waals surface area (Å²) in [6.45, 7) is 4.56. The summed E-state index contributed by atoms with van der Waals surface area (Å²) in [7, 11) is 0. The summed E-state index contributed by atoms with van der Waals surface area (Å²) in [4.78, 5) is 0. The van der Waals surface area contributed by atoms with Gasteiger partial charge in [0.15, 0.2) is 0 Å². The molecule has 0 heterocycles. The van der Waals surface area contributed by atoms with Gasteiger partial charge in [0.2, 0.25) is 0 Å². The fraction of sp³-hybridized carbons (Fsp3) is 0.625. The van der Waals surface area contributed by atoms with Gasteiger partial charge < -0.3 is 5.32 Å². The van der Waals surface area contributed by atoms with Crippen LogP contribution in [-0.2, 0) is 0 Å². The van der Waals surface area contributed by atoms with E-state index in [-0.39, 0.29) is 0 Å². The summed E-state index contributed by atoms with van der Waals surface area (Å²) in [6, 6.07) is 9.27. The van der Waals surface area contributed by atoms with Crippen LogP contribution in [0.4, 0.5) is 0 Å². The van der Waals surface area contributed by atoms with Crippen molar-refractivity contribution in [1.29, 1.82) is 0 Å². The highest BCUT2D eigenvalue weighted by atomic mass is 35.5. The molecule has 0 saturated heterocycles. The van der Waals surface area contributed by atoms with Crippen molar-refractivity contribution in [3.8, 4) is 0 Å². The van der Waals surface area contributed by atoms with Crippen LogP contribution >= 0.6 is 11.6 Å². The maximum Gasteiger partial charge on any atom is 0.0409 e. The molecule has 0 spiro atoms. The van der Waals surface area contributed by atoms with Gasteiger partial charge in [-0.3, -0.25) is 0 Å². The zero-order chi connectivity index (χ0) is 13.0. The van der Waals surface area contributed by atoms with Crippen LogP contribution < -0.4 is 5.32 Å². The molecule has 2 rings (SSSR count). The normalized spacial score (nSPS) is 25.9. The molecule has 18 heavy (non-hydrogen) atoms. The van der Waals surface area contributed by atoms with Gasteiger partial charge in [-0.15, -0.1) is 0 Å². The molecule has 1 fully saturated rings. The van der Waals surface area contributed by atoms with Crippen LogP contribution in [0.3, 0.4) is 0 Å². The zero-order valence-electron chi connectivity index (χ0n) is 11.5. The van der Waals surface area contributed by atoms with Crippen molar-refractivity contribution < 1.29 is 0 Å². The molecule has 0 radical (unpaired) electrons. The van der Waals surface area contributed by atoms with Crippen molar-refractivity contribution in [3.63, 3.8) is 0 Å². The Balaban J connectivity index is 1.99. The lowest BCUT2D eigenvalue weighted by Crippen LogP contribution is -2.39. The lowest BCUT2D eigenvalue weighted by Gasteiger charge is -2.34. The second-order valence-corrected chi connectivity index (χ2v) is 5.94. The van der Waals surface area contributed by atoms with Crippen LogP contribution in [-0.4, -0.2) is 6.04 Å². The lowest BCUT2D eigenvalue weighted by atomic mass is 9.82. The predicted octanol–water partition coefficient (Wildman–Crippen LogP) is 4.96. The fourth-order valence-corrected chi connectivity index (χ4v) is 3.31. The highest BCUT2D eigenvalue weighted by Gasteiger charge is 2.24. The maximum absolute atomic E-state index is 6.06. The van der Waals surface area contributed by atoms with Gasteiger partial charge in [0, 0.05) is 17.1 Å². The van der Waals surface area contributed by atoms with E-state index < -0.39 is 0 Å². The minimum Gasteiger partial charge on any atom is -0.307 e. The third-order valence-electron chi connectivity index (χ3n) is 4.25. The first-order valence-electron chi connectivity index (χ1n) is 7.22. The molecule has 1 nitrogen and oxygen atoms in total. The molecule has 1 aliphatic carbocycles. The van der Waals surface area contributed by atoms with Gasteiger partial charge in [0.1, 0.15) is 0 Å². The molecule has 3 unspecified atom stereocenters. The van der Waals surface area contributed by atoms with E-state index in [1.807, 2.05) is 12.1 Å². The van der Waals surface area contributed by atoms with E-state index in [2.05, 4.69) is 31.3 Å². The monoisotopic (exact) mass is 265 g/mol. The molecule has 1 N–H and O–H groups in total. The zero-order valence-corrected chi connectivity index (χ0v) is 12.2. The third-order valence-corrected chi connectivity index (χ3v) is 4.48. The number of hydrogen-bond donors (Lipinski definition) is 1. The molecule has 100 valence electrons. The lowest BCUT2D eigenvalue weighted by molar-refractivity contribution is 0.240. The molecule has 3 atom stereocenters. The second kappa shape index (κ2) is 6.58. The van der Waals surface area contributed by atoms with Gasteiger partial charge in [-0.1, -0.05) is 49.9 Å². The summed E-state index contributed by atoms with van der Waals surface area (Å²) in [5.74, 6) is 0.848. The van der Waals surface area contributed by atoms with E-state index in [4.69, 9.17) is 11.6 Å². The van der Waals surface area contributed by atoms with Crippen molar-refractivity contribution in [2.75, 3.05) is 0 Å². The van der Waals surface area contributed by atoms with Crippen molar-refractivity contribution in [2.45, 2.75) is 58.0 Å². The second-order valence-electron chi connectivity index (χ2n) is 5.50. The Morgan fingerprint density at radius 3 is 2.83 bits per heavy atom. The molecule has 1 saturated carbocycles. The molecule has 1 aliphatic rings. The van der Waals surface area contributed by atoms with Crippen molar-refractivity contribution in [3.05, 3.63) is 34.9 Å². The predicted molar refractivity (Wildman–Crippen MR) is 79.0 cm³/mol. The summed E-state index contributed by atoms with van der Waals surface area (Å²) >= 11 is 6.06. The molecule has 0 aromatic heterocycles. The van der Waals surface area contributed by atoms with E-state index in [9.17, 15) is 0 Å². The van der Waals surface area contributed by atoms with Crippen LogP contribution in [0.2, 0.25) is 5.02 Å². The third kappa shape index (κ3) is 3.49. The van der Waals surface area contributed by atoms with Gasteiger partial charge in [0.25, 0.3) is 0 Å².